The Morgan fingerprint density at radius 1 is 0.848 bits per heavy atom. The van der Waals surface area contributed by atoms with Gasteiger partial charge in [-0.2, -0.15) is 0 Å². The quantitative estimate of drug-likeness (QED) is 0.364. The zero-order valence-corrected chi connectivity index (χ0v) is 19.1. The van der Waals surface area contributed by atoms with Gasteiger partial charge in [0, 0.05) is 5.56 Å². The number of thiocarbonyl (C=S) groups is 1. The molecule has 7 nitrogen and oxygen atoms in total. The number of carbonyl (C=O) groups is 2. The van der Waals surface area contributed by atoms with Crippen LogP contribution in [-0.4, -0.2) is 29.6 Å². The third kappa shape index (κ3) is 7.62. The van der Waals surface area contributed by atoms with Crippen LogP contribution in [0.15, 0.2) is 78.9 Å². The zero-order chi connectivity index (χ0) is 23.6. The van der Waals surface area contributed by atoms with E-state index in [-0.39, 0.29) is 17.8 Å². The fourth-order valence-corrected chi connectivity index (χ4v) is 3.02. The molecule has 0 saturated heterocycles. The SMILES string of the molecule is CC(C)Oc1cccc(C(=O)NC(=S)NNC(=O)COc2ccc(-c3ccccc3)cc2)c1. The first kappa shape index (κ1) is 23.7. The van der Waals surface area contributed by atoms with Crippen molar-refractivity contribution in [2.24, 2.45) is 0 Å². The second-order valence-electron chi connectivity index (χ2n) is 7.33. The van der Waals surface area contributed by atoms with Gasteiger partial charge in [0.1, 0.15) is 11.5 Å². The molecular formula is C25H25N3O4S. The molecule has 0 heterocycles. The molecule has 2 amide bonds. The van der Waals surface area contributed by atoms with Crippen LogP contribution in [0.25, 0.3) is 11.1 Å². The van der Waals surface area contributed by atoms with Crippen molar-refractivity contribution in [3.8, 4) is 22.6 Å². The van der Waals surface area contributed by atoms with Gasteiger partial charge in [0.05, 0.1) is 6.10 Å². The van der Waals surface area contributed by atoms with Crippen molar-refractivity contribution in [2.75, 3.05) is 6.61 Å². The lowest BCUT2D eigenvalue weighted by Crippen LogP contribution is -2.49. The average Bonchev–Trinajstić information content (AvgIpc) is 2.82. The molecule has 0 saturated carbocycles. The van der Waals surface area contributed by atoms with E-state index >= 15 is 0 Å². The van der Waals surface area contributed by atoms with Gasteiger partial charge in [-0.05, 0) is 67.5 Å². The summed E-state index contributed by atoms with van der Waals surface area (Å²) in [6, 6.07) is 24.1. The fourth-order valence-electron chi connectivity index (χ4n) is 2.87. The molecule has 33 heavy (non-hydrogen) atoms. The second-order valence-corrected chi connectivity index (χ2v) is 7.74. The zero-order valence-electron chi connectivity index (χ0n) is 18.3. The van der Waals surface area contributed by atoms with E-state index < -0.39 is 11.8 Å². The molecule has 3 N–H and O–H groups in total. The van der Waals surface area contributed by atoms with Gasteiger partial charge in [-0.25, -0.2) is 0 Å². The Kier molecular flexibility index (Phi) is 8.37. The molecule has 3 rings (SSSR count). The smallest absolute Gasteiger partial charge is 0.276 e. The van der Waals surface area contributed by atoms with Crippen LogP contribution in [0.5, 0.6) is 11.5 Å². The Morgan fingerprint density at radius 2 is 1.55 bits per heavy atom. The number of rotatable bonds is 7. The summed E-state index contributed by atoms with van der Waals surface area (Å²) in [6.45, 7) is 3.58. The van der Waals surface area contributed by atoms with Crippen molar-refractivity contribution in [1.29, 1.82) is 0 Å². The maximum atomic E-state index is 12.3. The Bertz CT molecular complexity index is 1100. The Labute approximate surface area is 198 Å². The first-order chi connectivity index (χ1) is 15.9. The minimum absolute atomic E-state index is 0.00900. The van der Waals surface area contributed by atoms with Crippen LogP contribution in [0.2, 0.25) is 0 Å². The number of ether oxygens (including phenoxy) is 2. The summed E-state index contributed by atoms with van der Waals surface area (Å²) in [5.74, 6) is 0.264. The van der Waals surface area contributed by atoms with Crippen molar-refractivity contribution in [1.82, 2.24) is 16.2 Å². The maximum absolute atomic E-state index is 12.3. The number of hydrogen-bond donors (Lipinski definition) is 3. The van der Waals surface area contributed by atoms with Crippen molar-refractivity contribution in [3.05, 3.63) is 84.4 Å². The summed E-state index contributed by atoms with van der Waals surface area (Å²) in [7, 11) is 0. The van der Waals surface area contributed by atoms with Crippen molar-refractivity contribution >= 4 is 29.1 Å². The predicted molar refractivity (Wildman–Crippen MR) is 131 cm³/mol. The van der Waals surface area contributed by atoms with Crippen LogP contribution < -0.4 is 25.6 Å². The summed E-state index contributed by atoms with van der Waals surface area (Å²) in [4.78, 5) is 24.4. The van der Waals surface area contributed by atoms with Gasteiger partial charge in [0.15, 0.2) is 11.7 Å². The lowest BCUT2D eigenvalue weighted by atomic mass is 10.1. The number of benzene rings is 3. The monoisotopic (exact) mass is 463 g/mol. The van der Waals surface area contributed by atoms with Gasteiger partial charge in [-0.15, -0.1) is 0 Å². The van der Waals surface area contributed by atoms with Gasteiger partial charge >= 0.3 is 0 Å². The van der Waals surface area contributed by atoms with Crippen LogP contribution in [-0.2, 0) is 4.79 Å². The van der Waals surface area contributed by atoms with E-state index in [0.29, 0.717) is 17.1 Å². The van der Waals surface area contributed by atoms with E-state index in [2.05, 4.69) is 16.2 Å². The molecule has 0 bridgehead atoms. The Morgan fingerprint density at radius 3 is 2.24 bits per heavy atom. The molecule has 8 heteroatoms. The summed E-state index contributed by atoms with van der Waals surface area (Å²) in [5, 5.41) is 2.45. The maximum Gasteiger partial charge on any atom is 0.276 e. The van der Waals surface area contributed by atoms with Gasteiger partial charge in [-0.1, -0.05) is 48.5 Å². The van der Waals surface area contributed by atoms with Gasteiger partial charge in [0.2, 0.25) is 0 Å². The average molecular weight is 464 g/mol. The predicted octanol–water partition coefficient (Wildman–Crippen LogP) is 3.86. The molecule has 0 aliphatic rings. The molecule has 0 aromatic heterocycles. The number of carbonyl (C=O) groups excluding carboxylic acids is 2. The van der Waals surface area contributed by atoms with E-state index in [4.69, 9.17) is 21.7 Å². The third-order valence-electron chi connectivity index (χ3n) is 4.34. The number of hydrazine groups is 1. The minimum Gasteiger partial charge on any atom is -0.491 e. The van der Waals surface area contributed by atoms with Gasteiger partial charge < -0.3 is 9.47 Å². The molecule has 0 radical (unpaired) electrons. The van der Waals surface area contributed by atoms with E-state index in [1.807, 2.05) is 56.3 Å². The lowest BCUT2D eigenvalue weighted by Gasteiger charge is -2.13. The van der Waals surface area contributed by atoms with Gasteiger partial charge in [-0.3, -0.25) is 25.8 Å². The summed E-state index contributed by atoms with van der Waals surface area (Å²) in [6.07, 6.45) is -0.00900. The normalized spacial score (nSPS) is 10.3. The topological polar surface area (TPSA) is 88.7 Å². The largest absolute Gasteiger partial charge is 0.491 e. The van der Waals surface area contributed by atoms with Crippen LogP contribution in [0.3, 0.4) is 0 Å². The first-order valence-corrected chi connectivity index (χ1v) is 10.8. The molecule has 3 aromatic carbocycles. The third-order valence-corrected chi connectivity index (χ3v) is 4.55. The standard InChI is InChI=1S/C25H25N3O4S/c1-17(2)32-22-10-6-9-20(15-22)24(30)26-25(33)28-27-23(29)16-31-21-13-11-19(12-14-21)18-7-4-3-5-8-18/h3-15,17H,16H2,1-2H3,(H,27,29)(H2,26,28,30,33). The van der Waals surface area contributed by atoms with E-state index in [0.717, 1.165) is 11.1 Å². The molecule has 0 aliphatic carbocycles. The number of amides is 2. The molecule has 0 atom stereocenters. The summed E-state index contributed by atoms with van der Waals surface area (Å²) in [5.41, 5.74) is 7.41. The number of hydrogen-bond acceptors (Lipinski definition) is 5. The van der Waals surface area contributed by atoms with Crippen molar-refractivity contribution in [2.45, 2.75) is 20.0 Å². The molecule has 0 spiro atoms. The second kappa shape index (κ2) is 11.6. The van der Waals surface area contributed by atoms with Crippen LogP contribution >= 0.6 is 12.2 Å². The van der Waals surface area contributed by atoms with E-state index in [9.17, 15) is 9.59 Å². The number of nitrogens with one attached hydrogen (secondary N) is 3. The molecule has 3 aromatic rings. The van der Waals surface area contributed by atoms with E-state index in [1.54, 1.807) is 36.4 Å². The molecule has 0 fully saturated rings. The minimum atomic E-state index is -0.453. The molecule has 0 unspecified atom stereocenters. The highest BCUT2D eigenvalue weighted by Gasteiger charge is 2.10. The van der Waals surface area contributed by atoms with Crippen LogP contribution in [0, 0.1) is 0 Å². The Balaban J connectivity index is 1.41. The Hall–Kier alpha value is -3.91. The lowest BCUT2D eigenvalue weighted by molar-refractivity contribution is -0.123. The van der Waals surface area contributed by atoms with Crippen molar-refractivity contribution < 1.29 is 19.1 Å². The molecule has 0 aliphatic heterocycles. The summed E-state index contributed by atoms with van der Waals surface area (Å²) >= 11 is 5.06. The van der Waals surface area contributed by atoms with Gasteiger partial charge in [0.25, 0.3) is 11.8 Å². The molecule has 170 valence electrons. The van der Waals surface area contributed by atoms with Crippen LogP contribution in [0.4, 0.5) is 0 Å². The molecular weight excluding hydrogens is 438 g/mol. The first-order valence-electron chi connectivity index (χ1n) is 10.4. The fraction of sp³-hybridized carbons (Fsp3) is 0.160. The van der Waals surface area contributed by atoms with E-state index in [1.165, 1.54) is 0 Å². The summed E-state index contributed by atoms with van der Waals surface area (Å²) < 4.78 is 11.1. The van der Waals surface area contributed by atoms with Crippen molar-refractivity contribution in [3.63, 3.8) is 0 Å². The van der Waals surface area contributed by atoms with Crippen LogP contribution in [0.1, 0.15) is 24.2 Å². The highest BCUT2D eigenvalue weighted by molar-refractivity contribution is 7.80. The highest BCUT2D eigenvalue weighted by Crippen LogP contribution is 2.22. The highest BCUT2D eigenvalue weighted by atomic mass is 32.1.